The van der Waals surface area contributed by atoms with E-state index >= 15 is 0 Å². The van der Waals surface area contributed by atoms with E-state index in [-0.39, 0.29) is 11.5 Å². The highest BCUT2D eigenvalue weighted by molar-refractivity contribution is 5.98. The van der Waals surface area contributed by atoms with Crippen LogP contribution in [0.4, 0.5) is 0 Å². The molecule has 3 aromatic heterocycles. The van der Waals surface area contributed by atoms with Crippen LogP contribution in [-0.4, -0.2) is 26.4 Å². The zero-order valence-electron chi connectivity index (χ0n) is 17.4. The van der Waals surface area contributed by atoms with Crippen molar-refractivity contribution in [2.45, 2.75) is 13.0 Å². The maximum Gasteiger partial charge on any atom is 0.268 e. The topological polar surface area (TPSA) is 68.4 Å². The number of nitrogens with one attached hydrogen (secondary N) is 1. The van der Waals surface area contributed by atoms with Crippen LogP contribution in [0.5, 0.6) is 0 Å². The summed E-state index contributed by atoms with van der Waals surface area (Å²) >= 11 is 0. The summed E-state index contributed by atoms with van der Waals surface area (Å²) in [5.74, 6) is -0.219. The minimum Gasteiger partial charge on any atom is -0.350 e. The van der Waals surface area contributed by atoms with Crippen LogP contribution in [0.25, 0.3) is 16.7 Å². The molecule has 0 aliphatic rings. The number of amides is 1. The molecule has 0 bridgehead atoms. The minimum atomic E-state index is -0.219. The van der Waals surface area contributed by atoms with Crippen molar-refractivity contribution in [3.05, 3.63) is 118 Å². The van der Waals surface area contributed by atoms with E-state index in [1.165, 1.54) is 4.40 Å². The monoisotopic (exact) mass is 422 g/mol. The molecule has 6 heteroatoms. The molecule has 2 aromatic carbocycles. The van der Waals surface area contributed by atoms with Gasteiger partial charge in [0, 0.05) is 19.3 Å². The van der Waals surface area contributed by atoms with Crippen molar-refractivity contribution >= 4 is 22.6 Å². The highest BCUT2D eigenvalue weighted by Gasteiger charge is 2.19. The second kappa shape index (κ2) is 8.51. The van der Waals surface area contributed by atoms with Gasteiger partial charge < -0.3 is 9.88 Å². The molecule has 5 rings (SSSR count). The summed E-state index contributed by atoms with van der Waals surface area (Å²) in [6, 6.07) is 27.0. The number of hydrogen-bond acceptors (Lipinski definition) is 3. The number of aromatic nitrogens is 3. The van der Waals surface area contributed by atoms with Crippen LogP contribution >= 0.6 is 0 Å². The molecular weight excluding hydrogens is 400 g/mol. The predicted molar refractivity (Wildman–Crippen MR) is 125 cm³/mol. The van der Waals surface area contributed by atoms with Gasteiger partial charge in [-0.15, -0.1) is 0 Å². The van der Waals surface area contributed by atoms with E-state index in [0.29, 0.717) is 35.5 Å². The van der Waals surface area contributed by atoms with Gasteiger partial charge in [0.2, 0.25) is 0 Å². The highest BCUT2D eigenvalue weighted by atomic mass is 16.2. The third kappa shape index (κ3) is 3.78. The first-order valence-corrected chi connectivity index (χ1v) is 10.6. The van der Waals surface area contributed by atoms with Gasteiger partial charge in [-0.25, -0.2) is 4.98 Å². The van der Waals surface area contributed by atoms with Gasteiger partial charge in [0.15, 0.2) is 0 Å². The van der Waals surface area contributed by atoms with Gasteiger partial charge in [0.05, 0.1) is 5.39 Å². The molecule has 0 spiro atoms. The Hall–Kier alpha value is -4.19. The molecular formula is C26H22N4O2. The Bertz CT molecular complexity index is 1450. The Balaban J connectivity index is 1.54. The maximum absolute atomic E-state index is 13.2. The smallest absolute Gasteiger partial charge is 0.268 e. The molecule has 5 aromatic rings. The lowest BCUT2D eigenvalue weighted by atomic mass is 10.1. The molecule has 0 aliphatic heterocycles. The largest absolute Gasteiger partial charge is 0.350 e. The molecule has 0 saturated carbocycles. The van der Waals surface area contributed by atoms with Gasteiger partial charge in [-0.3, -0.25) is 14.0 Å². The van der Waals surface area contributed by atoms with E-state index in [2.05, 4.69) is 5.32 Å². The Morgan fingerprint density at radius 3 is 2.31 bits per heavy atom. The summed E-state index contributed by atoms with van der Waals surface area (Å²) in [6.45, 7) is 0.950. The van der Waals surface area contributed by atoms with E-state index in [0.717, 1.165) is 17.5 Å². The van der Waals surface area contributed by atoms with Crippen molar-refractivity contribution in [3.8, 4) is 0 Å². The molecule has 32 heavy (non-hydrogen) atoms. The van der Waals surface area contributed by atoms with Crippen molar-refractivity contribution in [2.24, 2.45) is 0 Å². The Labute approximate surface area is 184 Å². The molecule has 158 valence electrons. The fourth-order valence-corrected chi connectivity index (χ4v) is 3.92. The van der Waals surface area contributed by atoms with Gasteiger partial charge in [-0.1, -0.05) is 66.7 Å². The van der Waals surface area contributed by atoms with Crippen LogP contribution in [0, 0.1) is 0 Å². The average Bonchev–Trinajstić information content (AvgIpc) is 3.19. The summed E-state index contributed by atoms with van der Waals surface area (Å²) in [6.07, 6.45) is 2.43. The van der Waals surface area contributed by atoms with Crippen molar-refractivity contribution in [1.82, 2.24) is 19.3 Å². The number of fused-ring (bicyclic) bond motifs is 2. The quantitative estimate of drug-likeness (QED) is 0.454. The summed E-state index contributed by atoms with van der Waals surface area (Å²) < 4.78 is 3.34. The van der Waals surface area contributed by atoms with Crippen molar-refractivity contribution in [3.63, 3.8) is 0 Å². The van der Waals surface area contributed by atoms with Crippen LogP contribution < -0.4 is 10.9 Å². The number of carbonyl (C=O) groups excluding carboxylic acids is 1. The number of benzene rings is 2. The predicted octanol–water partition coefficient (Wildman–Crippen LogP) is 3.67. The second-order valence-corrected chi connectivity index (χ2v) is 7.68. The van der Waals surface area contributed by atoms with Crippen molar-refractivity contribution in [2.75, 3.05) is 6.54 Å². The molecule has 0 radical (unpaired) electrons. The number of hydrogen-bond donors (Lipinski definition) is 1. The molecule has 3 heterocycles. The van der Waals surface area contributed by atoms with E-state index in [4.69, 9.17) is 4.98 Å². The molecule has 0 atom stereocenters. The molecule has 1 amide bonds. The maximum atomic E-state index is 13.2. The van der Waals surface area contributed by atoms with Crippen LogP contribution in [0.1, 0.15) is 21.6 Å². The number of rotatable bonds is 6. The van der Waals surface area contributed by atoms with Gasteiger partial charge in [0.1, 0.15) is 17.0 Å². The highest BCUT2D eigenvalue weighted by Crippen LogP contribution is 2.19. The molecule has 1 N–H and O–H groups in total. The second-order valence-electron chi connectivity index (χ2n) is 7.68. The van der Waals surface area contributed by atoms with Crippen LogP contribution in [0.15, 0.2) is 95.9 Å². The standard InChI is InChI=1S/C26H22N4O2/c31-25(27-15-14-19-9-3-1-4-10-19)22-17-21-24(30(22)18-20-11-5-2-6-12-20)28-23-13-7-8-16-29(23)26(21)32/h1-13,16-17H,14-15,18H2,(H,27,31). The molecule has 6 nitrogen and oxygen atoms in total. The van der Waals surface area contributed by atoms with Gasteiger partial charge in [-0.05, 0) is 35.7 Å². The lowest BCUT2D eigenvalue weighted by Gasteiger charge is -2.11. The van der Waals surface area contributed by atoms with Gasteiger partial charge >= 0.3 is 0 Å². The minimum absolute atomic E-state index is 0.184. The molecule has 0 saturated heterocycles. The van der Waals surface area contributed by atoms with Crippen molar-refractivity contribution < 1.29 is 4.79 Å². The third-order valence-corrected chi connectivity index (χ3v) is 5.53. The number of nitrogens with zero attached hydrogens (tertiary/aromatic N) is 3. The number of pyridine rings is 1. The molecule has 0 aliphatic carbocycles. The fraction of sp³-hybridized carbons (Fsp3) is 0.115. The van der Waals surface area contributed by atoms with Gasteiger partial charge in [0.25, 0.3) is 11.5 Å². The Morgan fingerprint density at radius 1 is 0.875 bits per heavy atom. The lowest BCUT2D eigenvalue weighted by molar-refractivity contribution is 0.0945. The molecule has 0 unspecified atom stereocenters. The zero-order valence-corrected chi connectivity index (χ0v) is 17.4. The summed E-state index contributed by atoms with van der Waals surface area (Å²) in [5, 5.41) is 3.43. The van der Waals surface area contributed by atoms with E-state index in [9.17, 15) is 9.59 Å². The summed E-state index contributed by atoms with van der Waals surface area (Å²) in [7, 11) is 0. The fourth-order valence-electron chi connectivity index (χ4n) is 3.92. The normalized spacial score (nSPS) is 11.1. The van der Waals surface area contributed by atoms with Crippen LogP contribution in [-0.2, 0) is 13.0 Å². The van der Waals surface area contributed by atoms with E-state index in [1.54, 1.807) is 24.4 Å². The van der Waals surface area contributed by atoms with E-state index < -0.39 is 0 Å². The van der Waals surface area contributed by atoms with Gasteiger partial charge in [-0.2, -0.15) is 0 Å². The van der Waals surface area contributed by atoms with Crippen LogP contribution in [0.3, 0.4) is 0 Å². The summed E-state index contributed by atoms with van der Waals surface area (Å²) in [5.41, 5.74) is 3.49. The summed E-state index contributed by atoms with van der Waals surface area (Å²) in [4.78, 5) is 31.0. The molecule has 0 fully saturated rings. The van der Waals surface area contributed by atoms with Crippen molar-refractivity contribution in [1.29, 1.82) is 0 Å². The zero-order chi connectivity index (χ0) is 21.9. The first-order valence-electron chi connectivity index (χ1n) is 10.6. The lowest BCUT2D eigenvalue weighted by Crippen LogP contribution is -2.28. The van der Waals surface area contributed by atoms with E-state index in [1.807, 2.05) is 71.3 Å². The Morgan fingerprint density at radius 2 is 1.56 bits per heavy atom. The Kier molecular flexibility index (Phi) is 5.25. The number of carbonyl (C=O) groups is 1. The SMILES string of the molecule is O=C(NCCc1ccccc1)c1cc2c(=O)n3ccccc3nc2n1Cc1ccccc1. The first-order chi connectivity index (χ1) is 15.7. The average molecular weight is 422 g/mol. The first kappa shape index (κ1) is 19.8. The van der Waals surface area contributed by atoms with Crippen LogP contribution in [0.2, 0.25) is 0 Å². The third-order valence-electron chi connectivity index (χ3n) is 5.53.